The van der Waals surface area contributed by atoms with Crippen LogP contribution in [0.15, 0.2) is 77.7 Å². The van der Waals surface area contributed by atoms with Gasteiger partial charge >= 0.3 is 0 Å². The number of hydrogen-bond acceptors (Lipinski definition) is 6. The van der Waals surface area contributed by atoms with Crippen LogP contribution in [0.5, 0.6) is 0 Å². The summed E-state index contributed by atoms with van der Waals surface area (Å²) in [5.74, 6) is 1.48. The molecule has 0 saturated carbocycles. The van der Waals surface area contributed by atoms with Crippen LogP contribution in [0.1, 0.15) is 30.9 Å². The lowest BCUT2D eigenvalue weighted by Gasteiger charge is -2.35. The maximum absolute atomic E-state index is 12.8. The van der Waals surface area contributed by atoms with Crippen LogP contribution >= 0.6 is 11.5 Å². The smallest absolute Gasteiger partial charge is 0.261 e. The highest BCUT2D eigenvalue weighted by Gasteiger charge is 2.20. The molecular weight excluding hydrogens is 488 g/mol. The molecule has 36 heavy (non-hydrogen) atoms. The van der Waals surface area contributed by atoms with E-state index in [4.69, 9.17) is 4.37 Å². The molecular formula is C28H32N4O2S2. The predicted molar refractivity (Wildman–Crippen MR) is 150 cm³/mol. The van der Waals surface area contributed by atoms with Crippen molar-refractivity contribution in [3.05, 3.63) is 83.9 Å². The van der Waals surface area contributed by atoms with Gasteiger partial charge in [-0.1, -0.05) is 50.2 Å². The minimum atomic E-state index is -3.60. The Balaban J connectivity index is 1.12. The van der Waals surface area contributed by atoms with E-state index in [-0.39, 0.29) is 4.90 Å². The van der Waals surface area contributed by atoms with Crippen molar-refractivity contribution < 1.29 is 8.42 Å². The van der Waals surface area contributed by atoms with Gasteiger partial charge in [0.15, 0.2) is 0 Å². The fraction of sp³-hybridized carbons (Fsp3) is 0.321. The van der Waals surface area contributed by atoms with Crippen molar-refractivity contribution in [1.82, 2.24) is 9.27 Å². The number of nitrogens with one attached hydrogen (secondary N) is 1. The largest absolute Gasteiger partial charge is 0.353 e. The van der Waals surface area contributed by atoms with E-state index in [0.29, 0.717) is 11.6 Å². The first-order valence-corrected chi connectivity index (χ1v) is 14.7. The van der Waals surface area contributed by atoms with Crippen LogP contribution in [0.4, 0.5) is 11.5 Å². The van der Waals surface area contributed by atoms with Gasteiger partial charge in [0, 0.05) is 43.8 Å². The number of anilines is 2. The number of benzene rings is 3. The number of nitrogens with zero attached hydrogens (tertiary/aromatic N) is 3. The van der Waals surface area contributed by atoms with Gasteiger partial charge in [-0.15, -0.1) is 0 Å². The van der Waals surface area contributed by atoms with Crippen LogP contribution in [0, 0.1) is 0 Å². The minimum absolute atomic E-state index is 0.278. The van der Waals surface area contributed by atoms with E-state index >= 15 is 0 Å². The number of fused-ring (bicyclic) bond motifs is 1. The lowest BCUT2D eigenvalue weighted by atomic mass is 10.0. The fourth-order valence-electron chi connectivity index (χ4n) is 4.56. The number of aromatic nitrogens is 1. The minimum Gasteiger partial charge on any atom is -0.353 e. The number of sulfonamides is 1. The third-order valence-electron chi connectivity index (χ3n) is 6.81. The Morgan fingerprint density at radius 3 is 2.31 bits per heavy atom. The molecule has 4 aromatic rings. The Hall–Kier alpha value is -2.94. The van der Waals surface area contributed by atoms with Crippen molar-refractivity contribution in [2.75, 3.05) is 42.3 Å². The zero-order chi connectivity index (χ0) is 25.1. The molecule has 0 spiro atoms. The van der Waals surface area contributed by atoms with Crippen LogP contribution in [-0.2, 0) is 16.4 Å². The quantitative estimate of drug-likeness (QED) is 0.328. The third-order valence-corrected chi connectivity index (χ3v) is 9.02. The van der Waals surface area contributed by atoms with E-state index in [1.54, 1.807) is 23.7 Å². The molecule has 0 amide bonds. The Morgan fingerprint density at radius 1 is 0.917 bits per heavy atom. The highest BCUT2D eigenvalue weighted by Crippen LogP contribution is 2.30. The zero-order valence-electron chi connectivity index (χ0n) is 20.7. The third kappa shape index (κ3) is 5.56. The van der Waals surface area contributed by atoms with E-state index in [1.807, 2.05) is 36.4 Å². The van der Waals surface area contributed by atoms with Gasteiger partial charge in [0.05, 0.1) is 9.60 Å². The van der Waals surface area contributed by atoms with E-state index in [0.717, 1.165) is 50.5 Å². The van der Waals surface area contributed by atoms with Gasteiger partial charge in [-0.3, -0.25) is 9.62 Å². The molecule has 1 aliphatic heterocycles. The Bertz CT molecular complexity index is 1410. The molecule has 1 saturated heterocycles. The Morgan fingerprint density at radius 2 is 1.61 bits per heavy atom. The molecule has 2 heterocycles. The molecule has 0 bridgehead atoms. The molecule has 8 heteroatoms. The van der Waals surface area contributed by atoms with Gasteiger partial charge in [-0.05, 0) is 71.4 Å². The van der Waals surface area contributed by atoms with Crippen LogP contribution in [0.3, 0.4) is 0 Å². The van der Waals surface area contributed by atoms with Crippen LogP contribution in [0.2, 0.25) is 0 Å². The van der Waals surface area contributed by atoms with Crippen molar-refractivity contribution in [3.8, 4) is 0 Å². The number of hydrogen-bond donors (Lipinski definition) is 1. The molecule has 1 aliphatic rings. The summed E-state index contributed by atoms with van der Waals surface area (Å²) < 4.78 is 34.2. The molecule has 1 aromatic heterocycles. The van der Waals surface area contributed by atoms with E-state index in [2.05, 4.69) is 52.6 Å². The van der Waals surface area contributed by atoms with Gasteiger partial charge in [0.1, 0.15) is 5.82 Å². The highest BCUT2D eigenvalue weighted by molar-refractivity contribution is 7.92. The second kappa shape index (κ2) is 10.6. The number of piperazine rings is 1. The molecule has 3 aromatic carbocycles. The molecule has 0 radical (unpaired) electrons. The lowest BCUT2D eigenvalue weighted by molar-refractivity contribution is 0.261. The standard InChI is InChI=1S/C28H32N4O2S2/c1-21(2)23-9-13-25(14-10-23)36(33,34)30-24-11-7-22(8-12-24)15-16-31-17-19-32(20-18-31)28-26-5-3-4-6-27(26)35-29-28/h3-14,21,30H,15-20H2,1-2H3. The number of rotatable bonds is 8. The van der Waals surface area contributed by atoms with Crippen molar-refractivity contribution in [2.45, 2.75) is 31.1 Å². The molecule has 0 aliphatic carbocycles. The Labute approximate surface area is 217 Å². The highest BCUT2D eigenvalue weighted by atomic mass is 32.2. The molecule has 0 unspecified atom stereocenters. The van der Waals surface area contributed by atoms with E-state index in [1.165, 1.54) is 15.6 Å². The van der Waals surface area contributed by atoms with Crippen molar-refractivity contribution in [1.29, 1.82) is 0 Å². The summed E-state index contributed by atoms with van der Waals surface area (Å²) in [6.07, 6.45) is 0.934. The van der Waals surface area contributed by atoms with Gasteiger partial charge in [0.2, 0.25) is 0 Å². The average Bonchev–Trinajstić information content (AvgIpc) is 3.33. The van der Waals surface area contributed by atoms with E-state index < -0.39 is 10.0 Å². The summed E-state index contributed by atoms with van der Waals surface area (Å²) >= 11 is 1.57. The monoisotopic (exact) mass is 520 g/mol. The molecule has 1 N–H and O–H groups in total. The molecule has 188 valence electrons. The zero-order valence-corrected chi connectivity index (χ0v) is 22.4. The predicted octanol–water partition coefficient (Wildman–Crippen LogP) is 5.59. The molecule has 0 atom stereocenters. The molecule has 5 rings (SSSR count). The fourth-order valence-corrected chi connectivity index (χ4v) is 6.41. The second-order valence-electron chi connectivity index (χ2n) is 9.61. The van der Waals surface area contributed by atoms with Crippen LogP contribution in [-0.4, -0.2) is 50.4 Å². The first-order valence-electron chi connectivity index (χ1n) is 12.4. The maximum Gasteiger partial charge on any atom is 0.261 e. The van der Waals surface area contributed by atoms with Gasteiger partial charge in [-0.2, -0.15) is 4.37 Å². The van der Waals surface area contributed by atoms with Crippen molar-refractivity contribution in [3.63, 3.8) is 0 Å². The topological polar surface area (TPSA) is 65.5 Å². The van der Waals surface area contributed by atoms with Crippen LogP contribution in [0.25, 0.3) is 10.1 Å². The van der Waals surface area contributed by atoms with Crippen molar-refractivity contribution in [2.24, 2.45) is 0 Å². The summed E-state index contributed by atoms with van der Waals surface area (Å²) in [6, 6.07) is 23.2. The summed E-state index contributed by atoms with van der Waals surface area (Å²) in [6.45, 7) is 9.15. The summed E-state index contributed by atoms with van der Waals surface area (Å²) in [4.78, 5) is 5.16. The SMILES string of the molecule is CC(C)c1ccc(S(=O)(=O)Nc2ccc(CCN3CCN(c4nsc5ccccc45)CC3)cc2)cc1. The van der Waals surface area contributed by atoms with Crippen LogP contribution < -0.4 is 9.62 Å². The Kier molecular flexibility index (Phi) is 7.27. The van der Waals surface area contributed by atoms with E-state index in [9.17, 15) is 8.42 Å². The van der Waals surface area contributed by atoms with Gasteiger partial charge in [-0.25, -0.2) is 8.42 Å². The maximum atomic E-state index is 12.8. The summed E-state index contributed by atoms with van der Waals surface area (Å²) in [5.41, 5.74) is 2.90. The molecule has 1 fully saturated rings. The van der Waals surface area contributed by atoms with Gasteiger partial charge in [0.25, 0.3) is 10.0 Å². The average molecular weight is 521 g/mol. The normalized spacial score (nSPS) is 15.0. The van der Waals surface area contributed by atoms with Crippen molar-refractivity contribution >= 4 is 43.1 Å². The summed E-state index contributed by atoms with van der Waals surface area (Å²) in [5, 5.41) is 1.25. The second-order valence-corrected chi connectivity index (χ2v) is 12.1. The summed E-state index contributed by atoms with van der Waals surface area (Å²) in [7, 11) is -3.60. The lowest BCUT2D eigenvalue weighted by Crippen LogP contribution is -2.47. The molecule has 6 nitrogen and oxygen atoms in total. The van der Waals surface area contributed by atoms with Gasteiger partial charge < -0.3 is 4.90 Å². The first-order chi connectivity index (χ1) is 17.4. The first kappa shape index (κ1) is 24.7.